The number of nitrogens with one attached hydrogen (secondary N) is 3. The Balaban J connectivity index is 1.36. The number of ether oxygens (including phenoxy) is 2. The Bertz CT molecular complexity index is 678. The molecule has 25 heavy (non-hydrogen) atoms. The van der Waals surface area contributed by atoms with Gasteiger partial charge in [0.25, 0.3) is 0 Å². The van der Waals surface area contributed by atoms with Crippen LogP contribution in [0.4, 0.5) is 5.69 Å². The highest BCUT2D eigenvalue weighted by Crippen LogP contribution is 2.32. The average molecular weight is 345 g/mol. The summed E-state index contributed by atoms with van der Waals surface area (Å²) in [6.45, 7) is 1.03. The Labute approximate surface area is 146 Å². The molecule has 4 rings (SSSR count). The Morgan fingerprint density at radius 3 is 2.72 bits per heavy atom. The molecule has 134 valence electrons. The van der Waals surface area contributed by atoms with Gasteiger partial charge < -0.3 is 25.4 Å². The number of rotatable bonds is 3. The number of hydrogen-bond donors (Lipinski definition) is 3. The van der Waals surface area contributed by atoms with E-state index in [0.29, 0.717) is 30.4 Å². The largest absolute Gasteiger partial charge is 0.486 e. The zero-order chi connectivity index (χ0) is 17.2. The quantitative estimate of drug-likeness (QED) is 0.766. The van der Waals surface area contributed by atoms with Crippen LogP contribution in [0.3, 0.4) is 0 Å². The van der Waals surface area contributed by atoms with Crippen LogP contribution in [0, 0.1) is 0 Å². The van der Waals surface area contributed by atoms with Gasteiger partial charge in [-0.05, 0) is 25.0 Å². The van der Waals surface area contributed by atoms with E-state index >= 15 is 0 Å². The number of carbonyl (C=O) groups excluding carboxylic acids is 2. The topological polar surface area (TPSA) is 88.7 Å². The third-order valence-electron chi connectivity index (χ3n) is 5.04. The lowest BCUT2D eigenvalue weighted by Gasteiger charge is -2.40. The summed E-state index contributed by atoms with van der Waals surface area (Å²) in [4.78, 5) is 24.6. The highest BCUT2D eigenvalue weighted by atomic mass is 16.6. The van der Waals surface area contributed by atoms with E-state index in [1.54, 1.807) is 18.2 Å². The second-order valence-corrected chi connectivity index (χ2v) is 6.84. The lowest BCUT2D eigenvalue weighted by Crippen LogP contribution is -2.65. The van der Waals surface area contributed by atoms with Crippen LogP contribution in [-0.4, -0.2) is 43.2 Å². The number of benzene rings is 1. The van der Waals surface area contributed by atoms with Crippen LogP contribution >= 0.6 is 0 Å². The van der Waals surface area contributed by atoms with E-state index in [1.807, 2.05) is 0 Å². The van der Waals surface area contributed by atoms with Crippen molar-refractivity contribution < 1.29 is 19.1 Å². The molecule has 0 spiro atoms. The normalized spacial score (nSPS) is 27.8. The highest BCUT2D eigenvalue weighted by molar-refractivity contribution is 5.96. The molecule has 1 saturated heterocycles. The fraction of sp³-hybridized carbons (Fsp3) is 0.556. The minimum absolute atomic E-state index is 0.0829. The summed E-state index contributed by atoms with van der Waals surface area (Å²) in [6.07, 6.45) is 4.49. The number of fused-ring (bicyclic) bond motifs is 2. The van der Waals surface area contributed by atoms with Gasteiger partial charge in [-0.3, -0.25) is 9.59 Å². The first-order chi connectivity index (χ1) is 12.2. The van der Waals surface area contributed by atoms with Crippen LogP contribution in [-0.2, 0) is 9.59 Å². The summed E-state index contributed by atoms with van der Waals surface area (Å²) >= 11 is 0. The van der Waals surface area contributed by atoms with Gasteiger partial charge in [-0.1, -0.05) is 12.8 Å². The SMILES string of the molecule is O=C(C[C@@H]1N[C@H]2CCCC[C@H]2NC1=O)Nc1ccc2c(c1)OCCO2. The van der Waals surface area contributed by atoms with Crippen LogP contribution in [0.2, 0.25) is 0 Å². The minimum atomic E-state index is -0.475. The van der Waals surface area contributed by atoms with E-state index in [0.717, 1.165) is 19.3 Å². The molecule has 0 aromatic heterocycles. The van der Waals surface area contributed by atoms with Crippen LogP contribution in [0.5, 0.6) is 11.5 Å². The van der Waals surface area contributed by atoms with Gasteiger partial charge in [0.1, 0.15) is 13.2 Å². The maximum atomic E-state index is 12.4. The molecular formula is C18H23N3O4. The third-order valence-corrected chi connectivity index (χ3v) is 5.04. The van der Waals surface area contributed by atoms with E-state index < -0.39 is 6.04 Å². The van der Waals surface area contributed by atoms with Gasteiger partial charge >= 0.3 is 0 Å². The summed E-state index contributed by atoms with van der Waals surface area (Å²) in [5.41, 5.74) is 0.640. The Morgan fingerprint density at radius 1 is 1.12 bits per heavy atom. The maximum Gasteiger partial charge on any atom is 0.237 e. The van der Waals surface area contributed by atoms with Gasteiger partial charge in [0.2, 0.25) is 11.8 Å². The lowest BCUT2D eigenvalue weighted by molar-refractivity contribution is -0.129. The first-order valence-electron chi connectivity index (χ1n) is 8.95. The van der Waals surface area contributed by atoms with Gasteiger partial charge in [-0.2, -0.15) is 0 Å². The van der Waals surface area contributed by atoms with Crippen LogP contribution < -0.4 is 25.4 Å². The van der Waals surface area contributed by atoms with E-state index in [-0.39, 0.29) is 30.3 Å². The molecule has 3 aliphatic rings. The molecule has 7 nitrogen and oxygen atoms in total. The summed E-state index contributed by atoms with van der Waals surface area (Å²) in [5.74, 6) is 1.03. The predicted octanol–water partition coefficient (Wildman–Crippen LogP) is 1.19. The molecule has 3 atom stereocenters. The molecule has 1 aliphatic carbocycles. The number of hydrogen-bond acceptors (Lipinski definition) is 5. The Morgan fingerprint density at radius 2 is 1.88 bits per heavy atom. The summed E-state index contributed by atoms with van der Waals surface area (Å²) in [6, 6.07) is 5.31. The van der Waals surface area contributed by atoms with Crippen LogP contribution in [0.1, 0.15) is 32.1 Å². The van der Waals surface area contributed by atoms with Gasteiger partial charge in [0, 0.05) is 23.8 Å². The first-order valence-corrected chi connectivity index (χ1v) is 8.95. The van der Waals surface area contributed by atoms with Crippen molar-refractivity contribution in [3.05, 3.63) is 18.2 Å². The second-order valence-electron chi connectivity index (χ2n) is 6.84. The standard InChI is InChI=1S/C18H23N3O4/c22-17(19-11-5-6-15-16(9-11)25-8-7-24-15)10-14-18(23)21-13-4-2-1-3-12(13)20-14/h5-6,9,12-14,20H,1-4,7-8,10H2,(H,19,22)(H,21,23)/t12-,13+,14-/m0/s1. The molecule has 1 saturated carbocycles. The van der Waals surface area contributed by atoms with Crippen molar-refractivity contribution in [1.82, 2.24) is 10.6 Å². The second kappa shape index (κ2) is 6.92. The van der Waals surface area contributed by atoms with Crippen LogP contribution in [0.25, 0.3) is 0 Å². The molecule has 2 amide bonds. The number of anilines is 1. The summed E-state index contributed by atoms with van der Waals surface area (Å²) in [7, 11) is 0. The molecule has 3 N–H and O–H groups in total. The van der Waals surface area contributed by atoms with Crippen molar-refractivity contribution in [3.63, 3.8) is 0 Å². The molecule has 0 unspecified atom stereocenters. The monoisotopic (exact) mass is 345 g/mol. The van der Waals surface area contributed by atoms with E-state index in [1.165, 1.54) is 6.42 Å². The van der Waals surface area contributed by atoms with Gasteiger partial charge in [0.05, 0.1) is 12.5 Å². The van der Waals surface area contributed by atoms with Gasteiger partial charge in [-0.25, -0.2) is 0 Å². The Kier molecular flexibility index (Phi) is 4.48. The minimum Gasteiger partial charge on any atom is -0.486 e. The van der Waals surface area contributed by atoms with Crippen molar-refractivity contribution in [2.45, 2.75) is 50.2 Å². The molecule has 7 heteroatoms. The third kappa shape index (κ3) is 3.56. The molecule has 1 aromatic rings. The molecule has 2 heterocycles. The zero-order valence-electron chi connectivity index (χ0n) is 14.0. The van der Waals surface area contributed by atoms with Crippen molar-refractivity contribution in [2.24, 2.45) is 0 Å². The van der Waals surface area contributed by atoms with Gasteiger partial charge in [-0.15, -0.1) is 0 Å². The van der Waals surface area contributed by atoms with Crippen molar-refractivity contribution in [1.29, 1.82) is 0 Å². The molecule has 2 aliphatic heterocycles. The molecule has 1 aromatic carbocycles. The fourth-order valence-electron chi connectivity index (χ4n) is 3.79. The molecule has 2 fully saturated rings. The number of amides is 2. The summed E-state index contributed by atoms with van der Waals surface area (Å²) < 4.78 is 11.0. The zero-order valence-corrected chi connectivity index (χ0v) is 14.0. The highest BCUT2D eigenvalue weighted by Gasteiger charge is 2.36. The first kappa shape index (κ1) is 16.2. The predicted molar refractivity (Wildman–Crippen MR) is 91.8 cm³/mol. The fourth-order valence-corrected chi connectivity index (χ4v) is 3.79. The van der Waals surface area contributed by atoms with Crippen molar-refractivity contribution >= 4 is 17.5 Å². The maximum absolute atomic E-state index is 12.4. The number of piperazine rings is 1. The van der Waals surface area contributed by atoms with E-state index in [9.17, 15) is 9.59 Å². The Hall–Kier alpha value is -2.28. The lowest BCUT2D eigenvalue weighted by atomic mass is 9.87. The van der Waals surface area contributed by atoms with E-state index in [4.69, 9.17) is 9.47 Å². The average Bonchev–Trinajstić information content (AvgIpc) is 2.62. The van der Waals surface area contributed by atoms with Crippen molar-refractivity contribution in [2.75, 3.05) is 18.5 Å². The van der Waals surface area contributed by atoms with Crippen LogP contribution in [0.15, 0.2) is 18.2 Å². The van der Waals surface area contributed by atoms with Crippen molar-refractivity contribution in [3.8, 4) is 11.5 Å². The number of carbonyl (C=O) groups is 2. The molecule has 0 bridgehead atoms. The summed E-state index contributed by atoms with van der Waals surface area (Å²) in [5, 5.41) is 9.25. The van der Waals surface area contributed by atoms with E-state index in [2.05, 4.69) is 16.0 Å². The van der Waals surface area contributed by atoms with Gasteiger partial charge in [0.15, 0.2) is 11.5 Å². The molecule has 0 radical (unpaired) electrons. The smallest absolute Gasteiger partial charge is 0.237 e. The molecular weight excluding hydrogens is 322 g/mol.